The third-order valence-electron chi connectivity index (χ3n) is 5.00. The fraction of sp³-hybridized carbons (Fsp3) is 0.364. The van der Waals surface area contributed by atoms with E-state index in [9.17, 15) is 14.0 Å². The van der Waals surface area contributed by atoms with Crippen LogP contribution in [0.15, 0.2) is 42.5 Å². The average Bonchev–Trinajstić information content (AvgIpc) is 3.10. The number of hydrogen-bond donors (Lipinski definition) is 0. The number of aryl methyl sites for hydroxylation is 1. The summed E-state index contributed by atoms with van der Waals surface area (Å²) < 4.78 is 24.4. The van der Waals surface area contributed by atoms with Gasteiger partial charge in [-0.15, -0.1) is 0 Å². The lowest BCUT2D eigenvalue weighted by atomic mass is 10.1. The second-order valence-electron chi connectivity index (χ2n) is 7.12. The lowest BCUT2D eigenvalue weighted by Gasteiger charge is -2.22. The molecule has 0 saturated carbocycles. The monoisotopic (exact) mass is 400 g/mol. The van der Waals surface area contributed by atoms with Crippen LogP contribution in [0.1, 0.15) is 12.0 Å². The minimum absolute atomic E-state index is 0.108. The van der Waals surface area contributed by atoms with E-state index >= 15 is 0 Å². The predicted octanol–water partition coefficient (Wildman–Crippen LogP) is 3.03. The zero-order chi connectivity index (χ0) is 21.0. The van der Waals surface area contributed by atoms with E-state index in [2.05, 4.69) is 0 Å². The van der Waals surface area contributed by atoms with Gasteiger partial charge in [-0.05, 0) is 36.8 Å². The van der Waals surface area contributed by atoms with Gasteiger partial charge < -0.3 is 19.3 Å². The van der Waals surface area contributed by atoms with Gasteiger partial charge in [-0.25, -0.2) is 4.39 Å². The van der Waals surface area contributed by atoms with E-state index in [1.54, 1.807) is 37.3 Å². The molecule has 2 aromatic rings. The van der Waals surface area contributed by atoms with Gasteiger partial charge in [-0.2, -0.15) is 0 Å². The molecule has 0 radical (unpaired) electrons. The van der Waals surface area contributed by atoms with Gasteiger partial charge in [0.15, 0.2) is 11.6 Å². The highest BCUT2D eigenvalue weighted by Gasteiger charge is 2.37. The van der Waals surface area contributed by atoms with Gasteiger partial charge in [0.25, 0.3) is 0 Å². The highest BCUT2D eigenvalue weighted by Crippen LogP contribution is 2.34. The van der Waals surface area contributed by atoms with Gasteiger partial charge >= 0.3 is 0 Å². The fourth-order valence-electron chi connectivity index (χ4n) is 3.39. The van der Waals surface area contributed by atoms with Crippen molar-refractivity contribution in [1.29, 1.82) is 0 Å². The maximum Gasteiger partial charge on any atom is 0.227 e. The molecule has 0 N–H and O–H groups in total. The number of para-hydroxylation sites is 1. The molecule has 1 unspecified atom stereocenters. The van der Waals surface area contributed by atoms with Gasteiger partial charge in [0.2, 0.25) is 11.8 Å². The Morgan fingerprint density at radius 2 is 2.00 bits per heavy atom. The first-order chi connectivity index (χ1) is 13.9. The third kappa shape index (κ3) is 4.67. The molecule has 7 heteroatoms. The van der Waals surface area contributed by atoms with Crippen molar-refractivity contribution in [3.8, 4) is 11.5 Å². The molecule has 6 nitrogen and oxygen atoms in total. The standard InChI is InChI=1S/C22H25FN2O4/c1-15-8-9-20(28-3)18(12-15)25-14-16(13-21(25)26)22(27)24(2)10-11-29-19-7-5-4-6-17(19)23/h4-9,12,16H,10-11,13-14H2,1-3H3. The first-order valence-corrected chi connectivity index (χ1v) is 9.48. The van der Waals surface area contributed by atoms with E-state index in [1.165, 1.54) is 11.0 Å². The number of nitrogens with zero attached hydrogens (tertiary/aromatic N) is 2. The summed E-state index contributed by atoms with van der Waals surface area (Å²) in [5.41, 5.74) is 1.68. The summed E-state index contributed by atoms with van der Waals surface area (Å²) in [7, 11) is 3.22. The molecule has 29 heavy (non-hydrogen) atoms. The Balaban J connectivity index is 1.60. The number of amides is 2. The summed E-state index contributed by atoms with van der Waals surface area (Å²) in [4.78, 5) is 28.5. The molecule has 2 aromatic carbocycles. The van der Waals surface area contributed by atoms with Crippen molar-refractivity contribution in [3.05, 3.63) is 53.8 Å². The number of methoxy groups -OCH3 is 1. The Morgan fingerprint density at radius 3 is 2.72 bits per heavy atom. The Kier molecular flexibility index (Phi) is 6.36. The molecule has 0 aromatic heterocycles. The van der Waals surface area contributed by atoms with E-state index < -0.39 is 11.7 Å². The summed E-state index contributed by atoms with van der Waals surface area (Å²) in [6, 6.07) is 11.8. The van der Waals surface area contributed by atoms with Crippen LogP contribution in [0.5, 0.6) is 11.5 Å². The minimum atomic E-state index is -0.439. The van der Waals surface area contributed by atoms with Crippen molar-refractivity contribution in [2.24, 2.45) is 5.92 Å². The molecular formula is C22H25FN2O4. The quantitative estimate of drug-likeness (QED) is 0.717. The number of ether oxygens (including phenoxy) is 2. The van der Waals surface area contributed by atoms with Crippen LogP contribution in [0.4, 0.5) is 10.1 Å². The molecule has 1 heterocycles. The summed E-state index contributed by atoms with van der Waals surface area (Å²) in [6.45, 7) is 2.70. The maximum absolute atomic E-state index is 13.6. The Labute approximate surface area is 169 Å². The zero-order valence-corrected chi connectivity index (χ0v) is 16.9. The molecule has 2 amide bonds. The Morgan fingerprint density at radius 1 is 1.24 bits per heavy atom. The van der Waals surface area contributed by atoms with Gasteiger partial charge in [0.05, 0.1) is 25.3 Å². The van der Waals surface area contributed by atoms with E-state index in [-0.39, 0.29) is 30.6 Å². The van der Waals surface area contributed by atoms with Crippen molar-refractivity contribution in [2.75, 3.05) is 38.8 Å². The van der Waals surface area contributed by atoms with Crippen LogP contribution >= 0.6 is 0 Å². The number of benzene rings is 2. The van der Waals surface area contributed by atoms with Gasteiger partial charge in [-0.3, -0.25) is 9.59 Å². The molecular weight excluding hydrogens is 375 g/mol. The molecule has 1 aliphatic heterocycles. The first kappa shape index (κ1) is 20.6. The molecule has 1 aliphatic rings. The lowest BCUT2D eigenvalue weighted by Crippen LogP contribution is -2.37. The number of carbonyl (C=O) groups is 2. The van der Waals surface area contributed by atoms with Gasteiger partial charge in [-0.1, -0.05) is 18.2 Å². The second kappa shape index (κ2) is 8.94. The third-order valence-corrected chi connectivity index (χ3v) is 5.00. The molecule has 1 saturated heterocycles. The molecule has 1 fully saturated rings. The van der Waals surface area contributed by atoms with Crippen molar-refractivity contribution >= 4 is 17.5 Å². The van der Waals surface area contributed by atoms with Crippen LogP contribution in [0.25, 0.3) is 0 Å². The lowest BCUT2D eigenvalue weighted by molar-refractivity contribution is -0.134. The zero-order valence-electron chi connectivity index (χ0n) is 16.9. The van der Waals surface area contributed by atoms with Gasteiger partial charge in [0, 0.05) is 20.0 Å². The Bertz CT molecular complexity index is 902. The number of carbonyl (C=O) groups excluding carboxylic acids is 2. The largest absolute Gasteiger partial charge is 0.495 e. The smallest absolute Gasteiger partial charge is 0.227 e. The van der Waals surface area contributed by atoms with Crippen LogP contribution in [0.2, 0.25) is 0 Å². The number of likely N-dealkylation sites (N-methyl/N-ethyl adjacent to an activating group) is 1. The van der Waals surface area contributed by atoms with Crippen LogP contribution in [0, 0.1) is 18.7 Å². The predicted molar refractivity (Wildman–Crippen MR) is 108 cm³/mol. The van der Waals surface area contributed by atoms with Crippen LogP contribution in [-0.4, -0.2) is 50.6 Å². The fourth-order valence-corrected chi connectivity index (χ4v) is 3.39. The SMILES string of the molecule is COc1ccc(C)cc1N1CC(C(=O)N(C)CCOc2ccccc2F)CC1=O. The first-order valence-electron chi connectivity index (χ1n) is 9.48. The Hall–Kier alpha value is -3.09. The number of halogens is 1. The van der Waals surface area contributed by atoms with Crippen molar-refractivity contribution in [1.82, 2.24) is 4.90 Å². The van der Waals surface area contributed by atoms with Crippen LogP contribution in [0.3, 0.4) is 0 Å². The highest BCUT2D eigenvalue weighted by atomic mass is 19.1. The van der Waals surface area contributed by atoms with Crippen molar-refractivity contribution < 1.29 is 23.5 Å². The normalized spacial score (nSPS) is 16.1. The van der Waals surface area contributed by atoms with E-state index in [4.69, 9.17) is 9.47 Å². The molecule has 3 rings (SSSR count). The van der Waals surface area contributed by atoms with E-state index in [0.717, 1.165) is 5.56 Å². The topological polar surface area (TPSA) is 59.1 Å². The van der Waals surface area contributed by atoms with Crippen molar-refractivity contribution in [3.63, 3.8) is 0 Å². The minimum Gasteiger partial charge on any atom is -0.495 e. The van der Waals surface area contributed by atoms with E-state index in [0.29, 0.717) is 24.5 Å². The maximum atomic E-state index is 13.6. The summed E-state index contributed by atoms with van der Waals surface area (Å²) in [5.74, 6) is -0.365. The van der Waals surface area contributed by atoms with Crippen LogP contribution < -0.4 is 14.4 Å². The van der Waals surface area contributed by atoms with E-state index in [1.807, 2.05) is 25.1 Å². The number of rotatable bonds is 7. The van der Waals surface area contributed by atoms with Gasteiger partial charge in [0.1, 0.15) is 12.4 Å². The molecule has 0 bridgehead atoms. The summed E-state index contributed by atoms with van der Waals surface area (Å²) in [6.07, 6.45) is 0.147. The number of anilines is 1. The molecule has 154 valence electrons. The second-order valence-corrected chi connectivity index (χ2v) is 7.12. The number of hydrogen-bond acceptors (Lipinski definition) is 4. The summed E-state index contributed by atoms with van der Waals surface area (Å²) >= 11 is 0. The molecule has 0 spiro atoms. The van der Waals surface area contributed by atoms with Crippen molar-refractivity contribution in [2.45, 2.75) is 13.3 Å². The van der Waals surface area contributed by atoms with Crippen LogP contribution in [-0.2, 0) is 9.59 Å². The molecule has 1 atom stereocenters. The average molecular weight is 400 g/mol. The highest BCUT2D eigenvalue weighted by molar-refractivity contribution is 6.01. The summed E-state index contributed by atoms with van der Waals surface area (Å²) in [5, 5.41) is 0. The molecule has 0 aliphatic carbocycles.